The third-order valence-corrected chi connectivity index (χ3v) is 4.08. The maximum Gasteiger partial charge on any atom is 0.0495 e. The molecular formula is C17H21N3. The molecule has 1 aromatic carbocycles. The highest BCUT2D eigenvalue weighted by atomic mass is 14.8. The van der Waals surface area contributed by atoms with Crippen molar-refractivity contribution in [3.05, 3.63) is 42.2 Å². The lowest BCUT2D eigenvalue weighted by atomic mass is 9.87. The minimum absolute atomic E-state index is 0.533. The zero-order valence-electron chi connectivity index (χ0n) is 12.3. The Labute approximate surface area is 119 Å². The van der Waals surface area contributed by atoms with Gasteiger partial charge in [0.15, 0.2) is 0 Å². The van der Waals surface area contributed by atoms with Crippen LogP contribution < -0.4 is 5.32 Å². The fourth-order valence-corrected chi connectivity index (χ4v) is 2.95. The molecule has 3 aromatic rings. The average Bonchev–Trinajstić information content (AvgIpc) is 2.82. The number of nitrogens with zero attached hydrogens (tertiary/aromatic N) is 1. The predicted octanol–water partition coefficient (Wildman–Crippen LogP) is 3.68. The van der Waals surface area contributed by atoms with Gasteiger partial charge < -0.3 is 10.3 Å². The van der Waals surface area contributed by atoms with E-state index in [0.29, 0.717) is 11.8 Å². The molecule has 0 radical (unpaired) electrons. The summed E-state index contributed by atoms with van der Waals surface area (Å²) in [6, 6.07) is 8.78. The fraction of sp³-hybridized carbons (Fsp3) is 0.353. The molecule has 0 fully saturated rings. The summed E-state index contributed by atoms with van der Waals surface area (Å²) < 4.78 is 0. The summed E-state index contributed by atoms with van der Waals surface area (Å²) in [7, 11) is 2.02. The van der Waals surface area contributed by atoms with E-state index in [0.717, 1.165) is 12.1 Å². The van der Waals surface area contributed by atoms with Crippen LogP contribution in [0, 0.1) is 5.92 Å². The summed E-state index contributed by atoms with van der Waals surface area (Å²) in [6.07, 6.45) is 3.77. The number of H-pyrrole nitrogens is 1. The van der Waals surface area contributed by atoms with Gasteiger partial charge in [-0.15, -0.1) is 0 Å². The molecule has 0 saturated carbocycles. The van der Waals surface area contributed by atoms with Crippen LogP contribution in [-0.2, 0) is 0 Å². The maximum atomic E-state index is 4.25. The van der Waals surface area contributed by atoms with E-state index in [1.807, 2.05) is 25.5 Å². The zero-order valence-corrected chi connectivity index (χ0v) is 12.3. The van der Waals surface area contributed by atoms with Crippen LogP contribution in [0.2, 0.25) is 0 Å². The molecule has 0 aliphatic carbocycles. The summed E-state index contributed by atoms with van der Waals surface area (Å²) in [5.41, 5.74) is 3.73. The quantitative estimate of drug-likeness (QED) is 0.757. The lowest BCUT2D eigenvalue weighted by Crippen LogP contribution is -2.21. The molecule has 0 aliphatic rings. The lowest BCUT2D eigenvalue weighted by molar-refractivity contribution is 0.479. The average molecular weight is 267 g/mol. The first kappa shape index (κ1) is 13.1. The van der Waals surface area contributed by atoms with Gasteiger partial charge in [-0.2, -0.15) is 0 Å². The Bertz CT molecular complexity index is 727. The first-order chi connectivity index (χ1) is 9.70. The highest BCUT2D eigenvalue weighted by Crippen LogP contribution is 2.30. The number of hydrogen-bond donors (Lipinski definition) is 2. The van der Waals surface area contributed by atoms with Gasteiger partial charge in [0, 0.05) is 40.7 Å². The van der Waals surface area contributed by atoms with Gasteiger partial charge in [0.05, 0.1) is 0 Å². The van der Waals surface area contributed by atoms with Crippen LogP contribution in [0.5, 0.6) is 0 Å². The van der Waals surface area contributed by atoms with E-state index in [1.54, 1.807) is 0 Å². The van der Waals surface area contributed by atoms with Crippen LogP contribution in [0.1, 0.15) is 25.3 Å². The molecular weight excluding hydrogens is 246 g/mol. The number of aromatic nitrogens is 2. The highest BCUT2D eigenvalue weighted by molar-refractivity contribution is 6.06. The van der Waals surface area contributed by atoms with Crippen molar-refractivity contribution in [3.8, 4) is 0 Å². The van der Waals surface area contributed by atoms with E-state index < -0.39 is 0 Å². The first-order valence-electron chi connectivity index (χ1n) is 7.20. The largest absolute Gasteiger partial charge is 0.354 e. The summed E-state index contributed by atoms with van der Waals surface area (Å²) in [4.78, 5) is 7.70. The number of nitrogens with one attached hydrogen (secondary N) is 2. The molecule has 0 aliphatic heterocycles. The Balaban J connectivity index is 2.15. The van der Waals surface area contributed by atoms with E-state index in [2.05, 4.69) is 47.3 Å². The lowest BCUT2D eigenvalue weighted by Gasteiger charge is -2.21. The summed E-state index contributed by atoms with van der Waals surface area (Å²) in [5, 5.41) is 5.78. The standard InChI is InChI=1S/C17H21N3/c1-11(2)14(9-18-3)12-4-5-16-13(8-12)15-10-19-7-6-17(15)20-16/h4-8,10-11,14,18,20H,9H2,1-3H3. The molecule has 1 unspecified atom stereocenters. The van der Waals surface area contributed by atoms with E-state index >= 15 is 0 Å². The molecule has 2 N–H and O–H groups in total. The van der Waals surface area contributed by atoms with Gasteiger partial charge in [-0.1, -0.05) is 19.9 Å². The third kappa shape index (κ3) is 2.18. The summed E-state index contributed by atoms with van der Waals surface area (Å²) in [5.74, 6) is 1.15. The number of fused-ring (bicyclic) bond motifs is 3. The van der Waals surface area contributed by atoms with E-state index in [9.17, 15) is 0 Å². The minimum atomic E-state index is 0.533. The second kappa shape index (κ2) is 5.25. The molecule has 3 nitrogen and oxygen atoms in total. The molecule has 3 heteroatoms. The van der Waals surface area contributed by atoms with Gasteiger partial charge in [-0.25, -0.2) is 0 Å². The molecule has 20 heavy (non-hydrogen) atoms. The van der Waals surface area contributed by atoms with Gasteiger partial charge in [-0.05, 0) is 42.6 Å². The van der Waals surface area contributed by atoms with E-state index in [4.69, 9.17) is 0 Å². The molecule has 104 valence electrons. The van der Waals surface area contributed by atoms with Gasteiger partial charge in [0.1, 0.15) is 0 Å². The van der Waals surface area contributed by atoms with Crippen molar-refractivity contribution in [1.82, 2.24) is 15.3 Å². The second-order valence-electron chi connectivity index (χ2n) is 5.76. The predicted molar refractivity (Wildman–Crippen MR) is 85.1 cm³/mol. The van der Waals surface area contributed by atoms with Crippen molar-refractivity contribution in [2.45, 2.75) is 19.8 Å². The third-order valence-electron chi connectivity index (χ3n) is 4.08. The fourth-order valence-electron chi connectivity index (χ4n) is 2.95. The Morgan fingerprint density at radius 1 is 1.15 bits per heavy atom. The van der Waals surface area contributed by atoms with Crippen molar-refractivity contribution in [2.24, 2.45) is 5.92 Å². The number of hydrogen-bond acceptors (Lipinski definition) is 2. The number of pyridine rings is 1. The monoisotopic (exact) mass is 267 g/mol. The number of aromatic amines is 1. The smallest absolute Gasteiger partial charge is 0.0495 e. The molecule has 1 atom stereocenters. The SMILES string of the molecule is CNCC(c1ccc2[nH]c3ccncc3c2c1)C(C)C. The number of rotatable bonds is 4. The Kier molecular flexibility index (Phi) is 3.45. The Hall–Kier alpha value is -1.87. The molecule has 0 bridgehead atoms. The zero-order chi connectivity index (χ0) is 14.1. The molecule has 0 amide bonds. The van der Waals surface area contributed by atoms with Crippen LogP contribution in [-0.4, -0.2) is 23.6 Å². The molecule has 3 rings (SSSR count). The maximum absolute atomic E-state index is 4.25. The normalized spacial score (nSPS) is 13.4. The first-order valence-corrected chi connectivity index (χ1v) is 7.20. The van der Waals surface area contributed by atoms with Crippen molar-refractivity contribution < 1.29 is 0 Å². The number of likely N-dealkylation sites (N-methyl/N-ethyl adjacent to an activating group) is 1. The Morgan fingerprint density at radius 3 is 2.70 bits per heavy atom. The van der Waals surface area contributed by atoms with Crippen LogP contribution in [0.4, 0.5) is 0 Å². The van der Waals surface area contributed by atoms with Crippen LogP contribution in [0.3, 0.4) is 0 Å². The summed E-state index contributed by atoms with van der Waals surface area (Å²) >= 11 is 0. The van der Waals surface area contributed by atoms with E-state index in [1.165, 1.54) is 21.9 Å². The van der Waals surface area contributed by atoms with Crippen LogP contribution in [0.25, 0.3) is 21.8 Å². The summed E-state index contributed by atoms with van der Waals surface area (Å²) in [6.45, 7) is 5.57. The molecule has 0 saturated heterocycles. The van der Waals surface area contributed by atoms with Gasteiger partial charge in [-0.3, -0.25) is 4.98 Å². The topological polar surface area (TPSA) is 40.7 Å². The second-order valence-corrected chi connectivity index (χ2v) is 5.76. The highest BCUT2D eigenvalue weighted by Gasteiger charge is 2.16. The van der Waals surface area contributed by atoms with Crippen molar-refractivity contribution in [1.29, 1.82) is 0 Å². The number of benzene rings is 1. The van der Waals surface area contributed by atoms with Crippen LogP contribution >= 0.6 is 0 Å². The molecule has 2 aromatic heterocycles. The van der Waals surface area contributed by atoms with Crippen molar-refractivity contribution >= 4 is 21.8 Å². The van der Waals surface area contributed by atoms with Gasteiger partial charge in [0.25, 0.3) is 0 Å². The van der Waals surface area contributed by atoms with Gasteiger partial charge >= 0.3 is 0 Å². The molecule has 2 heterocycles. The van der Waals surface area contributed by atoms with E-state index in [-0.39, 0.29) is 0 Å². The molecule has 0 spiro atoms. The minimum Gasteiger partial charge on any atom is -0.354 e. The van der Waals surface area contributed by atoms with Crippen molar-refractivity contribution in [3.63, 3.8) is 0 Å². The van der Waals surface area contributed by atoms with Crippen LogP contribution in [0.15, 0.2) is 36.7 Å². The Morgan fingerprint density at radius 2 is 1.95 bits per heavy atom. The van der Waals surface area contributed by atoms with Crippen molar-refractivity contribution in [2.75, 3.05) is 13.6 Å². The van der Waals surface area contributed by atoms with Gasteiger partial charge in [0.2, 0.25) is 0 Å².